The molecule has 0 radical (unpaired) electrons. The van der Waals surface area contributed by atoms with E-state index in [1.165, 1.54) is 83.5 Å². The van der Waals surface area contributed by atoms with Crippen molar-refractivity contribution in [1.29, 1.82) is 0 Å². The number of unbranched alkanes of at least 4 members (excludes halogenated alkanes) is 19. The molecule has 2 rings (SSSR count). The first-order valence-electron chi connectivity index (χ1n) is 23.3. The molecule has 4 unspecified atom stereocenters. The third kappa shape index (κ3) is 22.5. The fourth-order valence-electron chi connectivity index (χ4n) is 7.33. The smallest absolute Gasteiger partial charge is 0.306 e. The maximum Gasteiger partial charge on any atom is 0.306 e. The van der Waals surface area contributed by atoms with Crippen molar-refractivity contribution >= 4 is 11.9 Å². The molecule has 2 fully saturated rings. The van der Waals surface area contributed by atoms with Gasteiger partial charge in [-0.05, 0) is 38.5 Å². The van der Waals surface area contributed by atoms with Gasteiger partial charge in [0.15, 0.2) is 18.7 Å². The number of ether oxygens (including phenoxy) is 6. The van der Waals surface area contributed by atoms with Gasteiger partial charge >= 0.3 is 11.9 Å². The van der Waals surface area contributed by atoms with Crippen LogP contribution >= 0.6 is 0 Å². The van der Waals surface area contributed by atoms with Gasteiger partial charge in [-0.25, -0.2) is 0 Å². The molecule has 2 heterocycles. The fourth-order valence-corrected chi connectivity index (χ4v) is 7.33. The zero-order valence-electron chi connectivity index (χ0n) is 36.7. The van der Waals surface area contributed by atoms with E-state index in [0.717, 1.165) is 44.9 Å². The summed E-state index contributed by atoms with van der Waals surface area (Å²) in [5.74, 6) is -0.942. The second-order valence-corrected chi connectivity index (χ2v) is 16.6. The van der Waals surface area contributed by atoms with Crippen LogP contribution in [0, 0.1) is 0 Å². The summed E-state index contributed by atoms with van der Waals surface area (Å²) >= 11 is 0. The van der Waals surface area contributed by atoms with Crippen LogP contribution in [0.15, 0.2) is 12.2 Å². The largest absolute Gasteiger partial charge is 0.462 e. The predicted molar refractivity (Wildman–Crippen MR) is 224 cm³/mol. The molecule has 11 atom stereocenters. The Labute approximate surface area is 359 Å². The number of carbonyl (C=O) groups excluding carboxylic acids is 2. The van der Waals surface area contributed by atoms with E-state index in [1.54, 1.807) is 0 Å². The van der Waals surface area contributed by atoms with Crippen LogP contribution in [0.5, 0.6) is 0 Å². The molecule has 0 aromatic heterocycles. The van der Waals surface area contributed by atoms with Gasteiger partial charge in [0.05, 0.1) is 19.8 Å². The Kier molecular flexibility index (Phi) is 30.6. The van der Waals surface area contributed by atoms with Crippen molar-refractivity contribution < 1.29 is 73.8 Å². The molecule has 60 heavy (non-hydrogen) atoms. The highest BCUT2D eigenvalue weighted by Gasteiger charge is 2.47. The first-order valence-corrected chi connectivity index (χ1v) is 23.3. The molecule has 0 amide bonds. The van der Waals surface area contributed by atoms with E-state index in [1.807, 2.05) is 0 Å². The van der Waals surface area contributed by atoms with Crippen molar-refractivity contribution in [3.63, 3.8) is 0 Å². The Morgan fingerprint density at radius 1 is 0.517 bits per heavy atom. The lowest BCUT2D eigenvalue weighted by Crippen LogP contribution is -2.61. The van der Waals surface area contributed by atoms with Crippen LogP contribution in [-0.4, -0.2) is 142 Å². The van der Waals surface area contributed by atoms with E-state index in [9.17, 15) is 45.3 Å². The lowest BCUT2D eigenvalue weighted by molar-refractivity contribution is -0.332. The molecule has 15 heteroatoms. The van der Waals surface area contributed by atoms with Crippen LogP contribution in [0.25, 0.3) is 0 Å². The maximum atomic E-state index is 12.9. The van der Waals surface area contributed by atoms with Crippen molar-refractivity contribution in [3.8, 4) is 0 Å². The highest BCUT2D eigenvalue weighted by atomic mass is 16.7. The second-order valence-electron chi connectivity index (χ2n) is 16.6. The predicted octanol–water partition coefficient (Wildman–Crippen LogP) is 5.04. The van der Waals surface area contributed by atoms with Gasteiger partial charge in [-0.1, -0.05) is 129 Å². The molecule has 15 nitrogen and oxygen atoms in total. The molecule has 0 aliphatic carbocycles. The van der Waals surface area contributed by atoms with E-state index in [0.29, 0.717) is 12.8 Å². The van der Waals surface area contributed by atoms with Crippen molar-refractivity contribution in [2.45, 2.75) is 235 Å². The molecule has 2 aliphatic heterocycles. The van der Waals surface area contributed by atoms with Crippen molar-refractivity contribution in [2.24, 2.45) is 0 Å². The van der Waals surface area contributed by atoms with Gasteiger partial charge in [-0.3, -0.25) is 9.59 Å². The molecule has 0 bridgehead atoms. The molecule has 0 aromatic carbocycles. The van der Waals surface area contributed by atoms with Crippen LogP contribution < -0.4 is 0 Å². The standard InChI is InChI=1S/C45H82O15/c1-3-5-7-9-11-13-14-15-16-17-18-20-21-23-25-27-36(47)55-30-33(58-37(48)28-26-24-22-19-12-10-8-6-4-2)31-56-44-43(54)41(52)39(50)35(60-44)32-57-45-42(53)40(51)38(49)34(29-46)59-45/h17-18,33-35,38-46,49-54H,3-16,19-32H2,1-2H3/b18-17+/t33-,34-,35-,38+,39+,40?,41?,42?,43?,44-,45-/m1/s1. The molecule has 2 saturated heterocycles. The second kappa shape index (κ2) is 33.8. The molecule has 0 aromatic rings. The Hall–Kier alpha value is -1.76. The Balaban J connectivity index is 1.84. The van der Waals surface area contributed by atoms with E-state index in [4.69, 9.17) is 28.4 Å². The van der Waals surface area contributed by atoms with E-state index >= 15 is 0 Å². The molecule has 7 N–H and O–H groups in total. The summed E-state index contributed by atoms with van der Waals surface area (Å²) in [4.78, 5) is 25.5. The number of esters is 2. The van der Waals surface area contributed by atoms with Gasteiger partial charge < -0.3 is 64.2 Å². The summed E-state index contributed by atoms with van der Waals surface area (Å²) in [6.45, 7) is 2.53. The normalized spacial score (nSPS) is 27.6. The highest BCUT2D eigenvalue weighted by molar-refractivity contribution is 5.70. The summed E-state index contributed by atoms with van der Waals surface area (Å²) < 4.78 is 33.4. The molecular formula is C45H82O15. The number of rotatable bonds is 35. The third-order valence-electron chi connectivity index (χ3n) is 11.2. The van der Waals surface area contributed by atoms with Gasteiger partial charge in [0.2, 0.25) is 0 Å². The van der Waals surface area contributed by atoms with Gasteiger partial charge in [-0.2, -0.15) is 0 Å². The van der Waals surface area contributed by atoms with Crippen LogP contribution in [0.2, 0.25) is 0 Å². The first kappa shape index (κ1) is 54.4. The van der Waals surface area contributed by atoms with Crippen LogP contribution in [-0.2, 0) is 38.0 Å². The van der Waals surface area contributed by atoms with Crippen LogP contribution in [0.1, 0.15) is 168 Å². The molecule has 2 aliphatic rings. The van der Waals surface area contributed by atoms with E-state index in [2.05, 4.69) is 26.0 Å². The van der Waals surface area contributed by atoms with Gasteiger partial charge in [0.25, 0.3) is 0 Å². The molecule has 352 valence electrons. The minimum atomic E-state index is -1.76. The third-order valence-corrected chi connectivity index (χ3v) is 11.2. The fraction of sp³-hybridized carbons (Fsp3) is 0.911. The number of aliphatic hydroxyl groups is 7. The Bertz CT molecular complexity index is 1110. The summed E-state index contributed by atoms with van der Waals surface area (Å²) in [5, 5.41) is 71.8. The summed E-state index contributed by atoms with van der Waals surface area (Å²) in [5.41, 5.74) is 0. The monoisotopic (exact) mass is 863 g/mol. The topological polar surface area (TPSA) is 231 Å². The minimum absolute atomic E-state index is 0.165. The summed E-state index contributed by atoms with van der Waals surface area (Å²) in [6, 6.07) is 0. The average Bonchev–Trinajstić information content (AvgIpc) is 3.24. The van der Waals surface area contributed by atoms with Crippen molar-refractivity contribution in [3.05, 3.63) is 12.2 Å². The van der Waals surface area contributed by atoms with Crippen molar-refractivity contribution in [1.82, 2.24) is 0 Å². The molecule has 0 spiro atoms. The number of carbonyl (C=O) groups is 2. The number of hydrogen-bond donors (Lipinski definition) is 7. The lowest BCUT2D eigenvalue weighted by Gasteiger charge is -2.42. The Morgan fingerprint density at radius 2 is 0.950 bits per heavy atom. The maximum absolute atomic E-state index is 12.9. The van der Waals surface area contributed by atoms with E-state index in [-0.39, 0.29) is 26.1 Å². The summed E-state index contributed by atoms with van der Waals surface area (Å²) in [7, 11) is 0. The van der Waals surface area contributed by atoms with Gasteiger partial charge in [0.1, 0.15) is 55.4 Å². The van der Waals surface area contributed by atoms with E-state index < -0.39 is 92.7 Å². The SMILES string of the molecule is CCCCCCCCCC/C=C/CCCCCC(=O)OC[C@H](CO[C@@H]1O[C@H](CO[C@@H]2O[C@H](CO)[C@H](O)C(O)C2O)[C@H](O)C(O)C1O)OC(=O)CCCCCCCCCCC. The van der Waals surface area contributed by atoms with Gasteiger partial charge in [-0.15, -0.1) is 0 Å². The van der Waals surface area contributed by atoms with Crippen LogP contribution in [0.3, 0.4) is 0 Å². The van der Waals surface area contributed by atoms with Crippen molar-refractivity contribution in [2.75, 3.05) is 26.4 Å². The average molecular weight is 863 g/mol. The molecule has 0 saturated carbocycles. The lowest BCUT2D eigenvalue weighted by atomic mass is 9.98. The number of aliphatic hydroxyl groups excluding tert-OH is 7. The van der Waals surface area contributed by atoms with Gasteiger partial charge in [0, 0.05) is 12.8 Å². The first-order chi connectivity index (χ1) is 29.0. The minimum Gasteiger partial charge on any atom is -0.462 e. The van der Waals surface area contributed by atoms with Crippen LogP contribution in [0.4, 0.5) is 0 Å². The quantitative estimate of drug-likeness (QED) is 0.0252. The zero-order valence-corrected chi connectivity index (χ0v) is 36.7. The summed E-state index contributed by atoms with van der Waals surface area (Å²) in [6.07, 6.45) is 12.7. The molecular weight excluding hydrogens is 780 g/mol. The number of hydrogen-bond acceptors (Lipinski definition) is 15. The zero-order chi connectivity index (χ0) is 44.0. The number of allylic oxidation sites excluding steroid dienone is 2. The highest BCUT2D eigenvalue weighted by Crippen LogP contribution is 2.26. The Morgan fingerprint density at radius 3 is 1.48 bits per heavy atom.